The molecule has 0 unspecified atom stereocenters. The van der Waals surface area contributed by atoms with Crippen LogP contribution >= 0.6 is 11.8 Å². The first kappa shape index (κ1) is 29.4. The van der Waals surface area contributed by atoms with Gasteiger partial charge in [0.05, 0.1) is 17.6 Å². The third kappa shape index (κ3) is 6.56. The second-order valence-corrected chi connectivity index (χ2v) is 12.3. The third-order valence-electron chi connectivity index (χ3n) is 7.28. The van der Waals surface area contributed by atoms with Gasteiger partial charge in [-0.3, -0.25) is 19.1 Å². The van der Waals surface area contributed by atoms with Crippen molar-refractivity contribution in [1.82, 2.24) is 25.3 Å². The van der Waals surface area contributed by atoms with Gasteiger partial charge in [-0.05, 0) is 56.9 Å². The van der Waals surface area contributed by atoms with Gasteiger partial charge in [0.2, 0.25) is 5.91 Å². The molecule has 4 rings (SSSR count). The molecule has 0 bridgehead atoms. The Kier molecular flexibility index (Phi) is 9.00. The molecule has 2 aromatic carbocycles. The Morgan fingerprint density at radius 3 is 2.42 bits per heavy atom. The van der Waals surface area contributed by atoms with E-state index in [-0.39, 0.29) is 18.2 Å². The number of benzene rings is 2. The Morgan fingerprint density at radius 2 is 1.77 bits per heavy atom. The molecular weight excluding hydrogens is 526 g/mol. The summed E-state index contributed by atoms with van der Waals surface area (Å²) < 4.78 is 0.891. The van der Waals surface area contributed by atoms with E-state index in [0.717, 1.165) is 16.7 Å². The molecule has 3 atom stereocenters. The highest BCUT2D eigenvalue weighted by Gasteiger charge is 2.49. The van der Waals surface area contributed by atoms with E-state index in [9.17, 15) is 19.5 Å². The zero-order chi connectivity index (χ0) is 29.0. The van der Waals surface area contributed by atoms with Crippen LogP contribution in [0.5, 0.6) is 0 Å². The lowest BCUT2D eigenvalue weighted by atomic mass is 9.97. The number of nitrogens with zero attached hydrogens (tertiary/aromatic N) is 3. The minimum Gasteiger partial charge on any atom is -0.381 e. The molecule has 10 heteroatoms. The first-order chi connectivity index (χ1) is 19.0. The molecule has 1 saturated heterocycles. The first-order valence-electron chi connectivity index (χ1n) is 13.3. The summed E-state index contributed by atoms with van der Waals surface area (Å²) in [4.78, 5) is 41.9. The van der Waals surface area contributed by atoms with Gasteiger partial charge in [0.1, 0.15) is 11.7 Å². The van der Waals surface area contributed by atoms with Gasteiger partial charge in [-0.2, -0.15) is 5.10 Å². The van der Waals surface area contributed by atoms with Crippen molar-refractivity contribution >= 4 is 29.5 Å². The van der Waals surface area contributed by atoms with E-state index in [4.69, 9.17) is 0 Å². The van der Waals surface area contributed by atoms with Crippen LogP contribution in [0.3, 0.4) is 0 Å². The fourth-order valence-corrected chi connectivity index (χ4v) is 6.16. The molecular formula is C30H37N5O4S. The molecule has 212 valence electrons. The number of amides is 3. The van der Waals surface area contributed by atoms with Crippen molar-refractivity contribution in [2.75, 3.05) is 5.88 Å². The van der Waals surface area contributed by atoms with E-state index >= 15 is 0 Å². The topological polar surface area (TPSA) is 117 Å². The summed E-state index contributed by atoms with van der Waals surface area (Å²) in [6.07, 6.45) is -1.34. The van der Waals surface area contributed by atoms with Crippen molar-refractivity contribution in [1.29, 1.82) is 0 Å². The fourth-order valence-electron chi connectivity index (χ4n) is 5.02. The van der Waals surface area contributed by atoms with Gasteiger partial charge in [-0.15, -0.1) is 11.8 Å². The molecule has 9 nitrogen and oxygen atoms in total. The zero-order valence-corrected chi connectivity index (χ0v) is 24.4. The van der Waals surface area contributed by atoms with E-state index in [0.29, 0.717) is 17.9 Å². The Morgan fingerprint density at radius 1 is 1.10 bits per heavy atom. The highest BCUT2D eigenvalue weighted by Crippen LogP contribution is 2.40. The number of hydrogen-bond acceptors (Lipinski definition) is 6. The predicted molar refractivity (Wildman–Crippen MR) is 156 cm³/mol. The smallest absolute Gasteiger partial charge is 0.269 e. The van der Waals surface area contributed by atoms with E-state index in [1.165, 1.54) is 21.3 Å². The Hall–Kier alpha value is -3.63. The molecule has 0 radical (unpaired) electrons. The van der Waals surface area contributed by atoms with E-state index in [1.54, 1.807) is 20.0 Å². The van der Waals surface area contributed by atoms with Crippen LogP contribution in [0.25, 0.3) is 0 Å². The number of aryl methyl sites for hydroxylation is 3. The van der Waals surface area contributed by atoms with E-state index in [2.05, 4.69) is 15.7 Å². The Balaban J connectivity index is 1.55. The molecule has 3 amide bonds. The highest BCUT2D eigenvalue weighted by molar-refractivity contribution is 8.00. The van der Waals surface area contributed by atoms with Crippen molar-refractivity contribution < 1.29 is 19.5 Å². The maximum Gasteiger partial charge on any atom is 0.269 e. The first-order valence-corrected chi connectivity index (χ1v) is 14.3. The van der Waals surface area contributed by atoms with Gasteiger partial charge in [0, 0.05) is 18.3 Å². The molecule has 0 spiro atoms. The summed E-state index contributed by atoms with van der Waals surface area (Å²) in [6.45, 7) is 7.95. The van der Waals surface area contributed by atoms with Gasteiger partial charge in [0.25, 0.3) is 11.8 Å². The van der Waals surface area contributed by atoms with Crippen molar-refractivity contribution in [3.63, 3.8) is 0 Å². The molecule has 1 aliphatic rings. The van der Waals surface area contributed by atoms with Gasteiger partial charge in [0.15, 0.2) is 6.10 Å². The zero-order valence-electron chi connectivity index (χ0n) is 23.5. The van der Waals surface area contributed by atoms with E-state index < -0.39 is 34.7 Å². The lowest BCUT2D eigenvalue weighted by Crippen LogP contribution is -2.58. The second kappa shape index (κ2) is 12.3. The van der Waals surface area contributed by atoms with Gasteiger partial charge in [-0.25, -0.2) is 0 Å². The van der Waals surface area contributed by atoms with Crippen LogP contribution in [0.15, 0.2) is 60.7 Å². The van der Waals surface area contributed by atoms with Crippen molar-refractivity contribution in [3.8, 4) is 0 Å². The second-order valence-electron chi connectivity index (χ2n) is 10.7. The summed E-state index contributed by atoms with van der Waals surface area (Å²) in [5.74, 6) is -1.08. The van der Waals surface area contributed by atoms with Gasteiger partial charge >= 0.3 is 0 Å². The summed E-state index contributed by atoms with van der Waals surface area (Å²) in [5.41, 5.74) is 3.91. The molecule has 3 N–H and O–H groups in total. The van der Waals surface area contributed by atoms with Crippen LogP contribution in [0.4, 0.5) is 0 Å². The normalized spacial score (nSPS) is 17.8. The average molecular weight is 564 g/mol. The standard InChI is InChI=1S/C30H37N5O4S/c1-19-11-9-10-14-22(19)17-31-28(38)26-30(3,4)40-18-35(26)29(39)25(36)23(16-21-12-7-6-8-13-21)32-27(37)24-15-20(2)33-34(24)5/h6-15,23,25-26,36H,16-18H2,1-5H3,(H,31,38)(H,32,37)/t23-,25-,26+/m0/s1. The number of carbonyl (C=O) groups is 3. The molecule has 0 aliphatic carbocycles. The van der Waals surface area contributed by atoms with Crippen molar-refractivity contribution in [2.24, 2.45) is 7.05 Å². The van der Waals surface area contributed by atoms with Crippen LogP contribution in [0.2, 0.25) is 0 Å². The van der Waals surface area contributed by atoms with Gasteiger partial charge in [-0.1, -0.05) is 54.6 Å². The number of aliphatic hydroxyl groups excluding tert-OH is 1. The molecule has 2 heterocycles. The minimum atomic E-state index is -1.57. The van der Waals surface area contributed by atoms with Crippen LogP contribution in [-0.2, 0) is 29.6 Å². The number of nitrogens with one attached hydrogen (secondary N) is 2. The van der Waals surface area contributed by atoms with Crippen LogP contribution in [0.1, 0.15) is 46.7 Å². The Labute approximate surface area is 239 Å². The quantitative estimate of drug-likeness (QED) is 0.369. The largest absolute Gasteiger partial charge is 0.381 e. The Bertz CT molecular complexity index is 1370. The minimum absolute atomic E-state index is 0.227. The maximum absolute atomic E-state index is 13.8. The van der Waals surface area contributed by atoms with Gasteiger partial charge < -0.3 is 20.6 Å². The number of aliphatic hydroxyl groups is 1. The van der Waals surface area contributed by atoms with E-state index in [1.807, 2.05) is 75.4 Å². The van der Waals surface area contributed by atoms with Crippen LogP contribution in [0, 0.1) is 13.8 Å². The summed E-state index contributed by atoms with van der Waals surface area (Å²) in [6, 6.07) is 17.1. The summed E-state index contributed by atoms with van der Waals surface area (Å²) >= 11 is 1.48. The number of aromatic nitrogens is 2. The van der Waals surface area contributed by atoms with Crippen LogP contribution in [-0.4, -0.2) is 66.3 Å². The molecule has 1 aromatic heterocycles. The monoisotopic (exact) mass is 563 g/mol. The molecule has 3 aromatic rings. The summed E-state index contributed by atoms with van der Waals surface area (Å²) in [5, 5.41) is 21.5. The summed E-state index contributed by atoms with van der Waals surface area (Å²) in [7, 11) is 1.67. The van der Waals surface area contributed by atoms with Crippen molar-refractivity contribution in [3.05, 3.63) is 88.7 Å². The average Bonchev–Trinajstić information content (AvgIpc) is 3.44. The molecule has 40 heavy (non-hydrogen) atoms. The lowest BCUT2D eigenvalue weighted by molar-refractivity contribution is -0.147. The number of rotatable bonds is 9. The predicted octanol–water partition coefficient (Wildman–Crippen LogP) is 2.74. The number of hydrogen-bond donors (Lipinski definition) is 3. The molecule has 1 fully saturated rings. The number of carbonyl (C=O) groups excluding carboxylic acids is 3. The SMILES string of the molecule is Cc1cc(C(=O)N[C@@H](Cc2ccccc2)[C@H](O)C(=O)N2CSC(C)(C)[C@H]2C(=O)NCc2ccccc2C)n(C)n1. The highest BCUT2D eigenvalue weighted by atomic mass is 32.2. The number of thioether (sulfide) groups is 1. The molecule has 1 aliphatic heterocycles. The van der Waals surface area contributed by atoms with Crippen LogP contribution < -0.4 is 10.6 Å². The fraction of sp³-hybridized carbons (Fsp3) is 0.400. The third-order valence-corrected chi connectivity index (χ3v) is 8.65. The maximum atomic E-state index is 13.8. The molecule has 0 saturated carbocycles. The van der Waals surface area contributed by atoms with Crippen molar-refractivity contribution in [2.45, 2.75) is 63.6 Å². The lowest BCUT2D eigenvalue weighted by Gasteiger charge is -2.33.